The molecule has 0 unspecified atom stereocenters. The highest BCUT2D eigenvalue weighted by Crippen LogP contribution is 2.35. The third-order valence-electron chi connectivity index (χ3n) is 5.80. The Bertz CT molecular complexity index is 1140. The lowest BCUT2D eigenvalue weighted by atomic mass is 10.1. The number of hydrogen-bond acceptors (Lipinski definition) is 5. The maximum atomic E-state index is 12.8. The van der Waals surface area contributed by atoms with Crippen molar-refractivity contribution in [3.63, 3.8) is 0 Å². The molecule has 0 radical (unpaired) electrons. The standard InChI is InChI=1S/C25H26N4O3.ClH/c1-27-11-13-28(14-12-27)24(30)10-8-20-18-29(21-5-3-2-4-6-21)26-25(20)19-7-9-22-23(17-19)32-16-15-31-22;/h2-10,17-18H,11-16H2,1H3;1H/p-1/b10-8+;. The lowest BCUT2D eigenvalue weighted by Crippen LogP contribution is -3.00. The van der Waals surface area contributed by atoms with Crippen LogP contribution in [0.1, 0.15) is 5.56 Å². The molecule has 0 N–H and O–H groups in total. The summed E-state index contributed by atoms with van der Waals surface area (Å²) >= 11 is 0. The second-order valence-electron chi connectivity index (χ2n) is 8.03. The summed E-state index contributed by atoms with van der Waals surface area (Å²) in [6.07, 6.45) is 5.47. The van der Waals surface area contributed by atoms with E-state index in [2.05, 4.69) is 11.9 Å². The molecule has 0 spiro atoms. The lowest BCUT2D eigenvalue weighted by Gasteiger charge is -2.31. The van der Waals surface area contributed by atoms with Crippen LogP contribution in [-0.2, 0) is 4.79 Å². The van der Waals surface area contributed by atoms with E-state index in [9.17, 15) is 4.79 Å². The highest BCUT2D eigenvalue weighted by Gasteiger charge is 2.19. The monoisotopic (exact) mass is 465 g/mol. The molecule has 7 nitrogen and oxygen atoms in total. The van der Waals surface area contributed by atoms with Gasteiger partial charge in [0.15, 0.2) is 11.5 Å². The van der Waals surface area contributed by atoms with Crippen LogP contribution in [-0.4, -0.2) is 71.9 Å². The molecule has 1 aromatic heterocycles. The number of fused-ring (bicyclic) bond motifs is 1. The first-order valence-electron chi connectivity index (χ1n) is 10.9. The zero-order valence-corrected chi connectivity index (χ0v) is 19.2. The van der Waals surface area contributed by atoms with Crippen molar-refractivity contribution in [2.45, 2.75) is 0 Å². The minimum Gasteiger partial charge on any atom is -1.00 e. The maximum Gasteiger partial charge on any atom is 0.246 e. The van der Waals surface area contributed by atoms with Crippen molar-refractivity contribution in [2.24, 2.45) is 0 Å². The first-order chi connectivity index (χ1) is 15.7. The normalized spacial score (nSPS) is 16.0. The molecule has 1 amide bonds. The second kappa shape index (κ2) is 10.1. The number of piperazine rings is 1. The number of rotatable bonds is 4. The minimum atomic E-state index is 0. The van der Waals surface area contributed by atoms with Crippen molar-refractivity contribution in [1.29, 1.82) is 0 Å². The van der Waals surface area contributed by atoms with E-state index in [4.69, 9.17) is 14.6 Å². The van der Waals surface area contributed by atoms with Crippen molar-refractivity contribution < 1.29 is 26.7 Å². The molecule has 0 bridgehead atoms. The van der Waals surface area contributed by atoms with Crippen LogP contribution >= 0.6 is 0 Å². The van der Waals surface area contributed by atoms with Gasteiger partial charge in [-0.3, -0.25) is 4.79 Å². The van der Waals surface area contributed by atoms with Crippen LogP contribution in [0, 0.1) is 0 Å². The number of amides is 1. The molecule has 5 rings (SSSR count). The van der Waals surface area contributed by atoms with E-state index < -0.39 is 0 Å². The zero-order valence-electron chi connectivity index (χ0n) is 18.5. The van der Waals surface area contributed by atoms with Gasteiger partial charge in [-0.2, -0.15) is 5.10 Å². The average molecular weight is 466 g/mol. The van der Waals surface area contributed by atoms with Gasteiger partial charge in [0.2, 0.25) is 5.91 Å². The number of nitrogens with zero attached hydrogens (tertiary/aromatic N) is 4. The predicted octanol–water partition coefficient (Wildman–Crippen LogP) is 0.102. The molecule has 172 valence electrons. The van der Waals surface area contributed by atoms with Gasteiger partial charge >= 0.3 is 0 Å². The summed E-state index contributed by atoms with van der Waals surface area (Å²) in [5.41, 5.74) is 3.52. The SMILES string of the molecule is CN1CCN(C(=O)/C=C/c2cn(-c3ccccc3)nc2-c2ccc3c(c2)OCCO3)CC1.[Cl-]. The van der Waals surface area contributed by atoms with Crippen LogP contribution in [0.25, 0.3) is 23.0 Å². The van der Waals surface area contributed by atoms with Gasteiger partial charge in [-0.15, -0.1) is 0 Å². The summed E-state index contributed by atoms with van der Waals surface area (Å²) in [6.45, 7) is 4.37. The molecule has 2 aromatic carbocycles. The van der Waals surface area contributed by atoms with Crippen LogP contribution < -0.4 is 21.9 Å². The van der Waals surface area contributed by atoms with Crippen LogP contribution in [0.5, 0.6) is 11.5 Å². The Kier molecular flexibility index (Phi) is 7.01. The molecule has 0 saturated carbocycles. The quantitative estimate of drug-likeness (QED) is 0.512. The number of carbonyl (C=O) groups excluding carboxylic acids is 1. The van der Waals surface area contributed by atoms with E-state index in [1.54, 1.807) is 6.08 Å². The Labute approximate surface area is 199 Å². The predicted molar refractivity (Wildman–Crippen MR) is 123 cm³/mol. The lowest BCUT2D eigenvalue weighted by molar-refractivity contribution is -0.127. The number of ether oxygens (including phenoxy) is 2. The highest BCUT2D eigenvalue weighted by atomic mass is 35.5. The summed E-state index contributed by atoms with van der Waals surface area (Å²) < 4.78 is 13.3. The van der Waals surface area contributed by atoms with Crippen molar-refractivity contribution >= 4 is 12.0 Å². The van der Waals surface area contributed by atoms with Gasteiger partial charge in [0.05, 0.1) is 5.69 Å². The molecule has 8 heteroatoms. The summed E-state index contributed by atoms with van der Waals surface area (Å²) in [5.74, 6) is 1.48. The van der Waals surface area contributed by atoms with E-state index >= 15 is 0 Å². The van der Waals surface area contributed by atoms with Crippen molar-refractivity contribution in [1.82, 2.24) is 19.6 Å². The fraction of sp³-hybridized carbons (Fsp3) is 0.280. The highest BCUT2D eigenvalue weighted by molar-refractivity contribution is 5.93. The van der Waals surface area contributed by atoms with Crippen LogP contribution in [0.15, 0.2) is 60.8 Å². The van der Waals surface area contributed by atoms with E-state index in [1.165, 1.54) is 0 Å². The number of likely N-dealkylation sites (N-methyl/N-ethyl adjacent to an activating group) is 1. The van der Waals surface area contributed by atoms with Gasteiger partial charge in [0.25, 0.3) is 0 Å². The van der Waals surface area contributed by atoms with E-state index in [1.807, 2.05) is 70.4 Å². The van der Waals surface area contributed by atoms with Gasteiger partial charge in [0, 0.05) is 49.6 Å². The maximum absolute atomic E-state index is 12.8. The third-order valence-corrected chi connectivity index (χ3v) is 5.80. The first-order valence-corrected chi connectivity index (χ1v) is 10.9. The van der Waals surface area contributed by atoms with Gasteiger partial charge in [-0.25, -0.2) is 4.68 Å². The Morgan fingerprint density at radius 2 is 1.70 bits per heavy atom. The zero-order chi connectivity index (χ0) is 21.9. The number of hydrogen-bond donors (Lipinski definition) is 0. The van der Waals surface area contributed by atoms with Crippen LogP contribution in [0.3, 0.4) is 0 Å². The largest absolute Gasteiger partial charge is 1.00 e. The molecule has 2 aliphatic heterocycles. The Morgan fingerprint density at radius 3 is 2.45 bits per heavy atom. The second-order valence-corrected chi connectivity index (χ2v) is 8.03. The van der Waals surface area contributed by atoms with E-state index in [-0.39, 0.29) is 18.3 Å². The smallest absolute Gasteiger partial charge is 0.246 e. The Morgan fingerprint density at radius 1 is 0.970 bits per heavy atom. The molecule has 3 heterocycles. The summed E-state index contributed by atoms with van der Waals surface area (Å²) in [5, 5.41) is 4.84. The summed E-state index contributed by atoms with van der Waals surface area (Å²) in [4.78, 5) is 16.9. The molecule has 2 aliphatic rings. The number of aromatic nitrogens is 2. The van der Waals surface area contributed by atoms with E-state index in [0.29, 0.717) is 19.0 Å². The molecule has 1 saturated heterocycles. The minimum absolute atomic E-state index is 0. The van der Waals surface area contributed by atoms with Crippen molar-refractivity contribution in [2.75, 3.05) is 46.4 Å². The van der Waals surface area contributed by atoms with Crippen molar-refractivity contribution in [3.8, 4) is 28.4 Å². The van der Waals surface area contributed by atoms with Crippen molar-refractivity contribution in [3.05, 3.63) is 66.4 Å². The molecular weight excluding hydrogens is 440 g/mol. The number of para-hydroxylation sites is 1. The number of halogens is 1. The fourth-order valence-corrected chi connectivity index (χ4v) is 3.93. The van der Waals surface area contributed by atoms with E-state index in [0.717, 1.165) is 54.4 Å². The molecule has 0 atom stereocenters. The Hall–Kier alpha value is -3.29. The third kappa shape index (κ3) is 5.05. The van der Waals surface area contributed by atoms with Gasteiger partial charge in [-0.1, -0.05) is 18.2 Å². The van der Waals surface area contributed by atoms with Crippen LogP contribution in [0.2, 0.25) is 0 Å². The topological polar surface area (TPSA) is 59.8 Å². The first kappa shape index (κ1) is 22.9. The fourth-order valence-electron chi connectivity index (χ4n) is 3.93. The summed E-state index contributed by atoms with van der Waals surface area (Å²) in [6, 6.07) is 15.8. The average Bonchev–Trinajstić information content (AvgIpc) is 3.27. The van der Waals surface area contributed by atoms with Crippen LogP contribution in [0.4, 0.5) is 0 Å². The summed E-state index contributed by atoms with van der Waals surface area (Å²) in [7, 11) is 2.08. The molecule has 1 fully saturated rings. The van der Waals surface area contributed by atoms with Gasteiger partial charge in [-0.05, 0) is 43.5 Å². The number of benzene rings is 2. The number of carbonyl (C=O) groups is 1. The Balaban J connectivity index is 0.00000259. The molecular formula is C25H26ClN4O3-. The molecule has 3 aromatic rings. The molecule has 33 heavy (non-hydrogen) atoms. The van der Waals surface area contributed by atoms with Gasteiger partial charge in [0.1, 0.15) is 18.9 Å². The molecule has 0 aliphatic carbocycles. The van der Waals surface area contributed by atoms with Gasteiger partial charge < -0.3 is 31.7 Å².